The van der Waals surface area contributed by atoms with Crippen LogP contribution in [-0.4, -0.2) is 31.6 Å². The summed E-state index contributed by atoms with van der Waals surface area (Å²) >= 11 is 0. The van der Waals surface area contributed by atoms with Crippen molar-refractivity contribution in [2.45, 2.75) is 33.4 Å². The number of hydrogen-bond donors (Lipinski definition) is 3. The summed E-state index contributed by atoms with van der Waals surface area (Å²) in [5.41, 5.74) is 4.25. The number of nitrogens with one attached hydrogen (secondary N) is 3. The normalized spacial score (nSPS) is 12.4. The number of carbonyl (C=O) groups is 2. The van der Waals surface area contributed by atoms with Crippen molar-refractivity contribution in [3.05, 3.63) is 53.5 Å². The molecule has 0 spiro atoms. The van der Waals surface area contributed by atoms with Crippen LogP contribution in [-0.2, 0) is 24.3 Å². The molecular weight excluding hydrogens is 356 g/mol. The van der Waals surface area contributed by atoms with Crippen LogP contribution in [0.2, 0.25) is 0 Å². The molecule has 0 bridgehead atoms. The molecule has 144 valence electrons. The van der Waals surface area contributed by atoms with Crippen molar-refractivity contribution in [2.24, 2.45) is 5.92 Å². The van der Waals surface area contributed by atoms with Crippen LogP contribution in [0.5, 0.6) is 0 Å². The third-order valence-electron chi connectivity index (χ3n) is 4.83. The maximum atomic E-state index is 12.5. The Kier molecular flexibility index (Phi) is 4.68. The first-order valence-electron chi connectivity index (χ1n) is 9.28. The van der Waals surface area contributed by atoms with E-state index in [1.165, 1.54) is 0 Å². The van der Waals surface area contributed by atoms with E-state index in [2.05, 4.69) is 25.8 Å². The van der Waals surface area contributed by atoms with Crippen LogP contribution < -0.4 is 10.6 Å². The van der Waals surface area contributed by atoms with Crippen LogP contribution in [0.15, 0.2) is 36.8 Å². The maximum Gasteiger partial charge on any atom is 0.253 e. The molecule has 0 fully saturated rings. The Morgan fingerprint density at radius 3 is 2.96 bits per heavy atom. The Bertz CT molecular complexity index is 1020. The summed E-state index contributed by atoms with van der Waals surface area (Å²) in [4.78, 5) is 28.6. The van der Waals surface area contributed by atoms with Crippen LogP contribution in [0, 0.1) is 5.92 Å². The number of rotatable bonds is 5. The summed E-state index contributed by atoms with van der Waals surface area (Å²) < 4.78 is 2.04. The van der Waals surface area contributed by atoms with Crippen molar-refractivity contribution in [1.29, 1.82) is 0 Å². The molecule has 1 aliphatic rings. The van der Waals surface area contributed by atoms with E-state index in [0.29, 0.717) is 17.9 Å². The van der Waals surface area contributed by atoms with Crippen LogP contribution in [0.25, 0.3) is 11.4 Å². The number of aromatic nitrogens is 4. The second-order valence-electron chi connectivity index (χ2n) is 7.17. The molecule has 0 saturated carbocycles. The highest BCUT2D eigenvalue weighted by molar-refractivity contribution is 5.96. The Morgan fingerprint density at radius 2 is 2.21 bits per heavy atom. The van der Waals surface area contributed by atoms with Gasteiger partial charge in [-0.05, 0) is 24.1 Å². The standard InChI is InChI=1S/C20H22N6O2/c1-12(2)19(27)23-18-15-5-7-26-11-14(8-16(26)17(15)24-25-18)20(28)22-10-13-4-3-6-21-9-13/h3-4,6,8-9,11-12H,5,7,10H2,1-2H3,(H,22,28)(H2,23,24,25,27). The molecule has 8 nitrogen and oxygen atoms in total. The first-order chi connectivity index (χ1) is 13.5. The molecule has 8 heteroatoms. The quantitative estimate of drug-likeness (QED) is 0.634. The van der Waals surface area contributed by atoms with E-state index in [1.54, 1.807) is 12.4 Å². The predicted octanol–water partition coefficient (Wildman–Crippen LogP) is 2.35. The minimum Gasteiger partial charge on any atom is -0.348 e. The molecule has 28 heavy (non-hydrogen) atoms. The topological polar surface area (TPSA) is 105 Å². The number of nitrogens with zero attached hydrogens (tertiary/aromatic N) is 3. The van der Waals surface area contributed by atoms with Crippen molar-refractivity contribution >= 4 is 17.6 Å². The molecule has 3 aromatic rings. The number of hydrogen-bond acceptors (Lipinski definition) is 4. The lowest BCUT2D eigenvalue weighted by atomic mass is 10.1. The van der Waals surface area contributed by atoms with Gasteiger partial charge in [0.1, 0.15) is 0 Å². The first-order valence-corrected chi connectivity index (χ1v) is 9.28. The fraction of sp³-hybridized carbons (Fsp3) is 0.300. The van der Waals surface area contributed by atoms with Gasteiger partial charge in [-0.25, -0.2) is 0 Å². The van der Waals surface area contributed by atoms with Crippen molar-refractivity contribution in [1.82, 2.24) is 25.1 Å². The molecule has 2 amide bonds. The number of carbonyl (C=O) groups excluding carboxylic acids is 2. The summed E-state index contributed by atoms with van der Waals surface area (Å²) in [6.07, 6.45) is 6.02. The van der Waals surface area contributed by atoms with Crippen molar-refractivity contribution in [3.63, 3.8) is 0 Å². The molecule has 1 aliphatic heterocycles. The highest BCUT2D eigenvalue weighted by Crippen LogP contribution is 2.33. The number of pyridine rings is 1. The summed E-state index contributed by atoms with van der Waals surface area (Å²) in [6.45, 7) is 4.84. The van der Waals surface area contributed by atoms with Gasteiger partial charge in [0, 0.05) is 43.2 Å². The van der Waals surface area contributed by atoms with Gasteiger partial charge in [-0.3, -0.25) is 19.7 Å². The largest absolute Gasteiger partial charge is 0.348 e. The predicted molar refractivity (Wildman–Crippen MR) is 105 cm³/mol. The number of H-pyrrole nitrogens is 1. The highest BCUT2D eigenvalue weighted by atomic mass is 16.2. The van der Waals surface area contributed by atoms with Gasteiger partial charge in [-0.1, -0.05) is 19.9 Å². The Labute approximate surface area is 162 Å². The minimum atomic E-state index is -0.139. The molecule has 0 unspecified atom stereocenters. The average Bonchev–Trinajstić information content (AvgIpc) is 3.31. The smallest absolute Gasteiger partial charge is 0.253 e. The van der Waals surface area contributed by atoms with Crippen LogP contribution >= 0.6 is 0 Å². The first kappa shape index (κ1) is 18.0. The SMILES string of the molecule is CC(C)C(=O)Nc1n[nH]c2c1CCn1cc(C(=O)NCc3cccnc3)cc1-2. The van der Waals surface area contributed by atoms with Crippen LogP contribution in [0.4, 0.5) is 5.82 Å². The van der Waals surface area contributed by atoms with Gasteiger partial charge < -0.3 is 15.2 Å². The molecule has 0 aromatic carbocycles. The van der Waals surface area contributed by atoms with E-state index in [4.69, 9.17) is 0 Å². The lowest BCUT2D eigenvalue weighted by Gasteiger charge is -2.16. The zero-order valence-corrected chi connectivity index (χ0v) is 15.8. The minimum absolute atomic E-state index is 0.0641. The van der Waals surface area contributed by atoms with E-state index in [0.717, 1.165) is 35.5 Å². The fourth-order valence-corrected chi connectivity index (χ4v) is 3.23. The Morgan fingerprint density at radius 1 is 1.36 bits per heavy atom. The summed E-state index contributed by atoms with van der Waals surface area (Å²) in [7, 11) is 0. The third-order valence-corrected chi connectivity index (χ3v) is 4.83. The van der Waals surface area contributed by atoms with Crippen molar-refractivity contribution in [3.8, 4) is 11.4 Å². The molecule has 0 aliphatic carbocycles. The van der Waals surface area contributed by atoms with E-state index in [-0.39, 0.29) is 17.7 Å². The Hall–Kier alpha value is -3.42. The second-order valence-corrected chi connectivity index (χ2v) is 7.17. The van der Waals surface area contributed by atoms with Crippen LogP contribution in [0.3, 0.4) is 0 Å². The molecule has 4 rings (SSSR count). The summed E-state index contributed by atoms with van der Waals surface area (Å²) in [5.74, 6) is 0.254. The summed E-state index contributed by atoms with van der Waals surface area (Å²) in [6, 6.07) is 5.61. The summed E-state index contributed by atoms with van der Waals surface area (Å²) in [5, 5.41) is 13.1. The van der Waals surface area contributed by atoms with Gasteiger partial charge >= 0.3 is 0 Å². The van der Waals surface area contributed by atoms with E-state index in [9.17, 15) is 9.59 Å². The lowest BCUT2D eigenvalue weighted by Crippen LogP contribution is -2.22. The Balaban J connectivity index is 1.52. The van der Waals surface area contributed by atoms with Crippen molar-refractivity contribution < 1.29 is 9.59 Å². The zero-order valence-electron chi connectivity index (χ0n) is 15.8. The maximum absolute atomic E-state index is 12.5. The number of amides is 2. The molecule has 4 heterocycles. The lowest BCUT2D eigenvalue weighted by molar-refractivity contribution is -0.118. The van der Waals surface area contributed by atoms with E-state index >= 15 is 0 Å². The number of fused-ring (bicyclic) bond motifs is 3. The molecule has 0 atom stereocenters. The van der Waals surface area contributed by atoms with Gasteiger partial charge in [-0.2, -0.15) is 5.10 Å². The van der Waals surface area contributed by atoms with Gasteiger partial charge in [-0.15, -0.1) is 0 Å². The van der Waals surface area contributed by atoms with Gasteiger partial charge in [0.25, 0.3) is 5.91 Å². The van der Waals surface area contributed by atoms with Crippen LogP contribution in [0.1, 0.15) is 35.3 Å². The third kappa shape index (κ3) is 3.40. The molecule has 3 N–H and O–H groups in total. The van der Waals surface area contributed by atoms with Crippen molar-refractivity contribution in [2.75, 3.05) is 5.32 Å². The highest BCUT2D eigenvalue weighted by Gasteiger charge is 2.25. The number of aromatic amines is 1. The van der Waals surface area contributed by atoms with E-state index < -0.39 is 0 Å². The number of aryl methyl sites for hydroxylation is 1. The second kappa shape index (κ2) is 7.30. The van der Waals surface area contributed by atoms with Gasteiger partial charge in [0.15, 0.2) is 5.82 Å². The molecule has 0 radical (unpaired) electrons. The average molecular weight is 378 g/mol. The molecular formula is C20H22N6O2. The molecule has 0 saturated heterocycles. The number of anilines is 1. The fourth-order valence-electron chi connectivity index (χ4n) is 3.23. The van der Waals surface area contributed by atoms with Gasteiger partial charge in [0.05, 0.1) is 17.0 Å². The monoisotopic (exact) mass is 378 g/mol. The van der Waals surface area contributed by atoms with Gasteiger partial charge in [0.2, 0.25) is 5.91 Å². The zero-order chi connectivity index (χ0) is 19.7. The molecule has 3 aromatic heterocycles. The van der Waals surface area contributed by atoms with E-state index in [1.807, 2.05) is 42.8 Å².